The molecule has 0 saturated carbocycles. The van der Waals surface area contributed by atoms with Crippen LogP contribution >= 0.6 is 0 Å². The normalized spacial score (nSPS) is 10.4. The highest BCUT2D eigenvalue weighted by Gasteiger charge is 2.13. The Labute approximate surface area is 140 Å². The fourth-order valence-electron chi connectivity index (χ4n) is 1.84. The van der Waals surface area contributed by atoms with Crippen LogP contribution in [0, 0.1) is 23.3 Å². The molecule has 0 saturated heterocycles. The van der Waals surface area contributed by atoms with E-state index in [1.54, 1.807) is 0 Å². The molecular formula is C17H12F4O4. The average Bonchev–Trinajstić information content (AvgIpc) is 2.53. The molecule has 0 radical (unpaired) electrons. The number of halogens is 4. The Morgan fingerprint density at radius 2 is 1.12 bits per heavy atom. The fourth-order valence-corrected chi connectivity index (χ4v) is 1.84. The maximum Gasteiger partial charge on any atom is 0.311 e. The molecule has 0 bridgehead atoms. The highest BCUT2D eigenvalue weighted by Crippen LogP contribution is 2.20. The summed E-state index contributed by atoms with van der Waals surface area (Å²) in [5.41, 5.74) is 0. The van der Waals surface area contributed by atoms with Crippen molar-refractivity contribution < 1.29 is 36.6 Å². The van der Waals surface area contributed by atoms with E-state index in [0.29, 0.717) is 12.1 Å². The number of carbonyl (C=O) groups is 2. The minimum Gasteiger partial charge on any atom is -0.423 e. The third kappa shape index (κ3) is 5.59. The lowest BCUT2D eigenvalue weighted by Crippen LogP contribution is -2.12. The molecule has 0 amide bonds. The van der Waals surface area contributed by atoms with E-state index in [1.165, 1.54) is 0 Å². The second kappa shape index (κ2) is 8.27. The molecule has 0 spiro atoms. The molecule has 132 valence electrons. The Hall–Kier alpha value is -2.90. The summed E-state index contributed by atoms with van der Waals surface area (Å²) in [7, 11) is 0. The average molecular weight is 356 g/mol. The summed E-state index contributed by atoms with van der Waals surface area (Å²) in [6.07, 6.45) is -0.473. The maximum atomic E-state index is 13.3. The molecule has 0 aliphatic heterocycles. The van der Waals surface area contributed by atoms with Gasteiger partial charge in [-0.25, -0.2) is 17.6 Å². The minimum absolute atomic E-state index is 0.00327. The monoisotopic (exact) mass is 356 g/mol. The summed E-state index contributed by atoms with van der Waals surface area (Å²) in [6.45, 7) is 0. The Morgan fingerprint density at radius 3 is 1.48 bits per heavy atom. The van der Waals surface area contributed by atoms with Crippen LogP contribution in [0.4, 0.5) is 17.6 Å². The Balaban J connectivity index is 1.77. The second-order valence-corrected chi connectivity index (χ2v) is 4.95. The van der Waals surface area contributed by atoms with Crippen molar-refractivity contribution in [3.63, 3.8) is 0 Å². The van der Waals surface area contributed by atoms with Crippen LogP contribution in [0.2, 0.25) is 0 Å². The molecule has 2 aromatic rings. The molecule has 0 unspecified atom stereocenters. The van der Waals surface area contributed by atoms with E-state index in [-0.39, 0.29) is 19.3 Å². The van der Waals surface area contributed by atoms with Crippen molar-refractivity contribution in [1.82, 2.24) is 0 Å². The summed E-state index contributed by atoms with van der Waals surface area (Å²) < 4.78 is 61.5. The first kappa shape index (κ1) is 18.4. The SMILES string of the molecule is O=C(CCCC(=O)Oc1ccc(F)cc1F)Oc1ccc(F)cc1F. The first-order valence-electron chi connectivity index (χ1n) is 7.16. The Morgan fingerprint density at radius 1 is 0.720 bits per heavy atom. The quantitative estimate of drug-likeness (QED) is 0.447. The number of rotatable bonds is 6. The summed E-state index contributed by atoms with van der Waals surface area (Å²) in [6, 6.07) is 4.93. The van der Waals surface area contributed by atoms with Crippen LogP contribution < -0.4 is 9.47 Å². The lowest BCUT2D eigenvalue weighted by atomic mass is 10.2. The highest BCUT2D eigenvalue weighted by atomic mass is 19.1. The second-order valence-electron chi connectivity index (χ2n) is 4.95. The van der Waals surface area contributed by atoms with Crippen LogP contribution in [-0.4, -0.2) is 11.9 Å². The van der Waals surface area contributed by atoms with Gasteiger partial charge in [-0.15, -0.1) is 0 Å². The van der Waals surface area contributed by atoms with Gasteiger partial charge in [-0.2, -0.15) is 0 Å². The summed E-state index contributed by atoms with van der Waals surface area (Å²) in [5, 5.41) is 0. The Bertz CT molecular complexity index is 727. The molecule has 0 fully saturated rings. The van der Waals surface area contributed by atoms with Gasteiger partial charge in [0.15, 0.2) is 23.1 Å². The van der Waals surface area contributed by atoms with E-state index in [1.807, 2.05) is 0 Å². The van der Waals surface area contributed by atoms with Crippen molar-refractivity contribution in [3.8, 4) is 11.5 Å². The van der Waals surface area contributed by atoms with E-state index in [2.05, 4.69) is 0 Å². The predicted octanol–water partition coefficient (Wildman–Crippen LogP) is 3.92. The van der Waals surface area contributed by atoms with E-state index in [0.717, 1.165) is 24.3 Å². The zero-order chi connectivity index (χ0) is 18.4. The van der Waals surface area contributed by atoms with Gasteiger partial charge in [0.1, 0.15) is 11.6 Å². The van der Waals surface area contributed by atoms with Gasteiger partial charge in [-0.05, 0) is 30.7 Å². The molecule has 0 aromatic heterocycles. The number of hydrogen-bond acceptors (Lipinski definition) is 4. The molecule has 25 heavy (non-hydrogen) atoms. The molecule has 8 heteroatoms. The number of esters is 2. The summed E-state index contributed by atoms with van der Waals surface area (Å²) in [5.74, 6) is -6.19. The topological polar surface area (TPSA) is 52.6 Å². The Kier molecular flexibility index (Phi) is 6.10. The van der Waals surface area contributed by atoms with Gasteiger partial charge in [-0.3, -0.25) is 9.59 Å². The lowest BCUT2D eigenvalue weighted by Gasteiger charge is -2.06. The third-order valence-electron chi connectivity index (χ3n) is 3.00. The lowest BCUT2D eigenvalue weighted by molar-refractivity contribution is -0.136. The van der Waals surface area contributed by atoms with Crippen molar-refractivity contribution >= 4 is 11.9 Å². The fraction of sp³-hybridized carbons (Fsp3) is 0.176. The number of ether oxygens (including phenoxy) is 2. The zero-order valence-electron chi connectivity index (χ0n) is 12.7. The van der Waals surface area contributed by atoms with E-state index in [4.69, 9.17) is 9.47 Å². The summed E-state index contributed by atoms with van der Waals surface area (Å²) in [4.78, 5) is 23.1. The van der Waals surface area contributed by atoms with Crippen molar-refractivity contribution in [3.05, 3.63) is 59.7 Å². The molecule has 0 heterocycles. The first-order chi connectivity index (χ1) is 11.8. The maximum absolute atomic E-state index is 13.3. The largest absolute Gasteiger partial charge is 0.423 e. The van der Waals surface area contributed by atoms with Crippen molar-refractivity contribution in [1.29, 1.82) is 0 Å². The standard InChI is InChI=1S/C17H12F4O4/c18-10-4-6-14(12(20)8-10)24-16(22)2-1-3-17(23)25-15-7-5-11(19)9-13(15)21/h4-9H,1-3H2. The predicted molar refractivity (Wildman–Crippen MR) is 77.8 cm³/mol. The molecule has 0 atom stereocenters. The van der Waals surface area contributed by atoms with Gasteiger partial charge in [0.2, 0.25) is 0 Å². The number of hydrogen-bond donors (Lipinski definition) is 0. The highest BCUT2D eigenvalue weighted by molar-refractivity contribution is 5.75. The van der Waals surface area contributed by atoms with Gasteiger partial charge in [0, 0.05) is 25.0 Å². The van der Waals surface area contributed by atoms with E-state index < -0.39 is 46.7 Å². The van der Waals surface area contributed by atoms with Crippen LogP contribution in [0.1, 0.15) is 19.3 Å². The molecular weight excluding hydrogens is 344 g/mol. The number of carbonyl (C=O) groups excluding carboxylic acids is 2. The van der Waals surface area contributed by atoms with Crippen LogP contribution in [0.5, 0.6) is 11.5 Å². The molecule has 0 aliphatic carbocycles. The van der Waals surface area contributed by atoms with Crippen LogP contribution in [0.3, 0.4) is 0 Å². The van der Waals surface area contributed by atoms with Gasteiger partial charge < -0.3 is 9.47 Å². The zero-order valence-corrected chi connectivity index (χ0v) is 12.7. The van der Waals surface area contributed by atoms with Gasteiger partial charge >= 0.3 is 11.9 Å². The molecule has 4 nitrogen and oxygen atoms in total. The molecule has 0 N–H and O–H groups in total. The van der Waals surface area contributed by atoms with Crippen LogP contribution in [-0.2, 0) is 9.59 Å². The van der Waals surface area contributed by atoms with Gasteiger partial charge in [0.25, 0.3) is 0 Å². The molecule has 2 aromatic carbocycles. The van der Waals surface area contributed by atoms with Crippen LogP contribution in [0.25, 0.3) is 0 Å². The third-order valence-corrected chi connectivity index (χ3v) is 3.00. The number of benzene rings is 2. The van der Waals surface area contributed by atoms with E-state index in [9.17, 15) is 27.2 Å². The molecule has 2 rings (SSSR count). The van der Waals surface area contributed by atoms with Crippen LogP contribution in [0.15, 0.2) is 36.4 Å². The summed E-state index contributed by atoms with van der Waals surface area (Å²) >= 11 is 0. The van der Waals surface area contributed by atoms with Gasteiger partial charge in [0.05, 0.1) is 0 Å². The van der Waals surface area contributed by atoms with Gasteiger partial charge in [-0.1, -0.05) is 0 Å². The first-order valence-corrected chi connectivity index (χ1v) is 7.16. The van der Waals surface area contributed by atoms with Crippen molar-refractivity contribution in [2.75, 3.05) is 0 Å². The van der Waals surface area contributed by atoms with Crippen molar-refractivity contribution in [2.24, 2.45) is 0 Å². The molecule has 0 aliphatic rings. The minimum atomic E-state index is -1.03. The van der Waals surface area contributed by atoms with E-state index >= 15 is 0 Å². The van der Waals surface area contributed by atoms with Crippen molar-refractivity contribution in [2.45, 2.75) is 19.3 Å². The smallest absolute Gasteiger partial charge is 0.311 e.